The smallest absolute Gasteiger partial charge is 0.219 e. The van der Waals surface area contributed by atoms with Crippen LogP contribution in [0.3, 0.4) is 0 Å². The molecular weight excluding hydrogens is 288 g/mol. The van der Waals surface area contributed by atoms with Gasteiger partial charge >= 0.3 is 0 Å². The average molecular weight is 318 g/mol. The number of rotatable bonds is 0. The number of hydrogen-bond donors (Lipinski definition) is 1. The first-order valence-electron chi connectivity index (χ1n) is 9.22. The van der Waals surface area contributed by atoms with Crippen molar-refractivity contribution in [3.8, 4) is 0 Å². The van der Waals surface area contributed by atoms with Gasteiger partial charge in [-0.2, -0.15) is 0 Å². The molecule has 1 fully saturated rings. The predicted molar refractivity (Wildman–Crippen MR) is 89.9 cm³/mol. The molecule has 1 unspecified atom stereocenters. The molecule has 0 radical (unpaired) electrons. The molecule has 128 valence electrons. The lowest BCUT2D eigenvalue weighted by Gasteiger charge is -2.42. The summed E-state index contributed by atoms with van der Waals surface area (Å²) in [4.78, 5) is 0. The highest BCUT2D eigenvalue weighted by Crippen LogP contribution is 2.59. The van der Waals surface area contributed by atoms with Crippen molar-refractivity contribution < 1.29 is 14.6 Å². The third kappa shape index (κ3) is 2.20. The normalized spacial score (nSPS) is 49.9. The molecule has 2 heterocycles. The fourth-order valence-corrected chi connectivity index (χ4v) is 5.10. The maximum absolute atomic E-state index is 11.3. The van der Waals surface area contributed by atoms with Crippen LogP contribution in [0.25, 0.3) is 0 Å². The van der Waals surface area contributed by atoms with Crippen LogP contribution >= 0.6 is 0 Å². The Bertz CT molecular complexity index is 592. The number of ether oxygens (including phenoxy) is 2. The molecule has 4 rings (SSSR count). The van der Waals surface area contributed by atoms with E-state index in [9.17, 15) is 5.11 Å². The van der Waals surface area contributed by atoms with Crippen molar-refractivity contribution in [1.82, 2.24) is 0 Å². The van der Waals surface area contributed by atoms with Gasteiger partial charge in [-0.3, -0.25) is 0 Å². The molecule has 0 aromatic heterocycles. The molecule has 0 saturated carbocycles. The van der Waals surface area contributed by atoms with Gasteiger partial charge in [-0.1, -0.05) is 25.5 Å². The number of epoxide rings is 1. The summed E-state index contributed by atoms with van der Waals surface area (Å²) in [5, 5.41) is 11.3. The molecule has 1 N–H and O–H groups in total. The summed E-state index contributed by atoms with van der Waals surface area (Å²) in [5.74, 6) is -0.543. The van der Waals surface area contributed by atoms with E-state index < -0.39 is 5.79 Å². The van der Waals surface area contributed by atoms with Gasteiger partial charge in [0, 0.05) is 0 Å². The van der Waals surface area contributed by atoms with E-state index >= 15 is 0 Å². The Morgan fingerprint density at radius 3 is 2.74 bits per heavy atom. The molecule has 4 bridgehead atoms. The van der Waals surface area contributed by atoms with Crippen molar-refractivity contribution in [2.24, 2.45) is 11.3 Å². The van der Waals surface area contributed by atoms with Gasteiger partial charge in [-0.15, -0.1) is 0 Å². The fourth-order valence-electron chi connectivity index (χ4n) is 5.10. The maximum Gasteiger partial charge on any atom is 0.219 e. The van der Waals surface area contributed by atoms with Gasteiger partial charge in [-0.05, 0) is 74.9 Å². The van der Waals surface area contributed by atoms with Crippen molar-refractivity contribution in [3.05, 3.63) is 22.8 Å². The molecule has 2 aliphatic carbocycles. The summed E-state index contributed by atoms with van der Waals surface area (Å²) in [7, 11) is 0. The van der Waals surface area contributed by atoms with Crippen LogP contribution in [0.15, 0.2) is 22.8 Å². The first kappa shape index (κ1) is 15.9. The highest BCUT2D eigenvalue weighted by atomic mass is 16.7. The van der Waals surface area contributed by atoms with Gasteiger partial charge in [0.1, 0.15) is 6.10 Å². The predicted octanol–water partition coefficient (Wildman–Crippen LogP) is 4.12. The summed E-state index contributed by atoms with van der Waals surface area (Å²) in [6.07, 6.45) is 8.51. The van der Waals surface area contributed by atoms with Crippen molar-refractivity contribution in [1.29, 1.82) is 0 Å². The second-order valence-corrected chi connectivity index (χ2v) is 8.70. The molecule has 2 aliphatic heterocycles. The Morgan fingerprint density at radius 2 is 1.96 bits per heavy atom. The van der Waals surface area contributed by atoms with Gasteiger partial charge in [0.2, 0.25) is 5.79 Å². The van der Waals surface area contributed by atoms with Crippen molar-refractivity contribution in [2.75, 3.05) is 6.61 Å². The van der Waals surface area contributed by atoms with E-state index in [2.05, 4.69) is 33.8 Å². The van der Waals surface area contributed by atoms with Crippen LogP contribution in [0.5, 0.6) is 0 Å². The number of fused-ring (bicyclic) bond motifs is 2. The zero-order valence-corrected chi connectivity index (χ0v) is 14.9. The summed E-state index contributed by atoms with van der Waals surface area (Å²) in [5.41, 5.74) is 3.89. The number of hydrogen-bond acceptors (Lipinski definition) is 3. The molecular formula is C20H30O3. The third-order valence-electron chi connectivity index (χ3n) is 7.25. The summed E-state index contributed by atoms with van der Waals surface area (Å²) >= 11 is 0. The molecule has 3 nitrogen and oxygen atoms in total. The lowest BCUT2D eigenvalue weighted by atomic mass is 9.62. The van der Waals surface area contributed by atoms with Crippen LogP contribution in [-0.2, 0) is 9.47 Å². The molecule has 4 aliphatic rings. The lowest BCUT2D eigenvalue weighted by molar-refractivity contribution is -0.169. The first-order chi connectivity index (χ1) is 10.8. The molecule has 0 amide bonds. The summed E-state index contributed by atoms with van der Waals surface area (Å²) in [6, 6.07) is 0. The van der Waals surface area contributed by atoms with Gasteiger partial charge in [0.15, 0.2) is 0 Å². The van der Waals surface area contributed by atoms with Crippen LogP contribution in [0, 0.1) is 11.3 Å². The second kappa shape index (κ2) is 4.93. The third-order valence-corrected chi connectivity index (χ3v) is 7.25. The fraction of sp³-hybridized carbons (Fsp3) is 0.800. The summed E-state index contributed by atoms with van der Waals surface area (Å²) < 4.78 is 12.0. The van der Waals surface area contributed by atoms with E-state index in [0.29, 0.717) is 12.5 Å². The lowest BCUT2D eigenvalue weighted by Crippen LogP contribution is -2.42. The van der Waals surface area contributed by atoms with Crippen molar-refractivity contribution >= 4 is 0 Å². The van der Waals surface area contributed by atoms with Crippen LogP contribution in [-0.4, -0.2) is 29.2 Å². The Hall–Kier alpha value is -0.640. The van der Waals surface area contributed by atoms with E-state index in [1.165, 1.54) is 11.1 Å². The van der Waals surface area contributed by atoms with E-state index in [1.54, 1.807) is 0 Å². The quantitative estimate of drug-likeness (QED) is 0.540. The van der Waals surface area contributed by atoms with Gasteiger partial charge in [0.25, 0.3) is 0 Å². The van der Waals surface area contributed by atoms with E-state index in [4.69, 9.17) is 9.47 Å². The minimum Gasteiger partial charge on any atom is -0.360 e. The van der Waals surface area contributed by atoms with Gasteiger partial charge in [0.05, 0.1) is 12.2 Å². The Balaban J connectivity index is 1.79. The first-order valence-corrected chi connectivity index (χ1v) is 9.22. The standard InChI is InChI=1S/C20H30O3/c1-13-6-5-10-19(4)17(23-19)20(21)15-8-7-14(2)18(3,11-9-13)16(15)12-22-20/h6,14,17,21H,5,7-12H2,1-4H3/t14-,17+,18+,19+,20?/m1/s1. The van der Waals surface area contributed by atoms with E-state index in [-0.39, 0.29) is 17.1 Å². The minimum absolute atomic E-state index is 0.137. The van der Waals surface area contributed by atoms with Crippen LogP contribution < -0.4 is 0 Å². The van der Waals surface area contributed by atoms with E-state index in [1.807, 2.05) is 0 Å². The highest BCUT2D eigenvalue weighted by Gasteiger charge is 2.67. The Morgan fingerprint density at radius 1 is 1.17 bits per heavy atom. The number of aliphatic hydroxyl groups is 1. The minimum atomic E-state index is -1.18. The van der Waals surface area contributed by atoms with Gasteiger partial charge in [-0.25, -0.2) is 0 Å². The summed E-state index contributed by atoms with van der Waals surface area (Å²) in [6.45, 7) is 9.70. The highest BCUT2D eigenvalue weighted by molar-refractivity contribution is 5.38. The Labute approximate surface area is 139 Å². The van der Waals surface area contributed by atoms with Crippen molar-refractivity contribution in [2.45, 2.75) is 83.7 Å². The molecule has 5 atom stereocenters. The molecule has 23 heavy (non-hydrogen) atoms. The molecule has 3 heteroatoms. The average Bonchev–Trinajstić information content (AvgIpc) is 3.05. The Kier molecular flexibility index (Phi) is 3.40. The SMILES string of the molecule is CC1=CCC[C@]2(C)O[C@@H]2C2(O)OCC3=C2CC[C@@H](C)[C@]3(C)CC1. The van der Waals surface area contributed by atoms with Gasteiger partial charge < -0.3 is 14.6 Å². The van der Waals surface area contributed by atoms with Crippen molar-refractivity contribution in [3.63, 3.8) is 0 Å². The van der Waals surface area contributed by atoms with Crippen LogP contribution in [0.1, 0.15) is 66.2 Å². The molecule has 0 aromatic carbocycles. The molecule has 1 saturated heterocycles. The topological polar surface area (TPSA) is 42.0 Å². The number of allylic oxidation sites excluding steroid dienone is 2. The van der Waals surface area contributed by atoms with Crippen LogP contribution in [0.2, 0.25) is 0 Å². The largest absolute Gasteiger partial charge is 0.360 e. The second-order valence-electron chi connectivity index (χ2n) is 8.70. The monoisotopic (exact) mass is 318 g/mol. The van der Waals surface area contributed by atoms with Crippen LogP contribution in [0.4, 0.5) is 0 Å². The van der Waals surface area contributed by atoms with E-state index in [0.717, 1.165) is 44.1 Å². The zero-order chi connectivity index (χ0) is 16.5. The molecule has 0 spiro atoms. The maximum atomic E-state index is 11.3. The molecule has 0 aromatic rings. The zero-order valence-electron chi connectivity index (χ0n) is 14.9.